The minimum Gasteiger partial charge on any atom is -0.452 e. The number of hydrogen-bond donors (Lipinski definition) is 0. The van der Waals surface area contributed by atoms with E-state index >= 15 is 0 Å². The Bertz CT molecular complexity index is 1170. The van der Waals surface area contributed by atoms with Gasteiger partial charge in [0.15, 0.2) is 6.61 Å². The fourth-order valence-corrected chi connectivity index (χ4v) is 3.25. The molecule has 0 aliphatic rings. The molecule has 2 heterocycles. The van der Waals surface area contributed by atoms with Gasteiger partial charge in [-0.15, -0.1) is 10.2 Å². The highest BCUT2D eigenvalue weighted by Gasteiger charge is 2.21. The number of carbonyl (C=O) groups excluding carboxylic acids is 1. The highest BCUT2D eigenvalue weighted by Crippen LogP contribution is 2.21. The number of halogens is 1. The van der Waals surface area contributed by atoms with Gasteiger partial charge in [-0.1, -0.05) is 41.9 Å². The molecule has 0 aliphatic carbocycles. The molecule has 0 amide bonds. The van der Waals surface area contributed by atoms with Crippen LogP contribution in [-0.2, 0) is 17.9 Å². The average Bonchev–Trinajstić information content (AvgIpc) is 3.32. The maximum absolute atomic E-state index is 12.7. The standard InChI is InChI=1S/C22H19ClN4O3/c1-14-20(15(2)27(26-14)12-16-6-4-3-5-7-16)22(28)29-13-19-24-25-21(30-19)17-8-10-18(23)11-9-17/h3-11H,12-13H2,1-2H3. The maximum Gasteiger partial charge on any atom is 0.342 e. The van der Waals surface area contributed by atoms with Crippen molar-refractivity contribution in [1.82, 2.24) is 20.0 Å². The Labute approximate surface area is 178 Å². The monoisotopic (exact) mass is 422 g/mol. The van der Waals surface area contributed by atoms with Crippen molar-refractivity contribution in [1.29, 1.82) is 0 Å². The SMILES string of the molecule is Cc1nn(Cc2ccccc2)c(C)c1C(=O)OCc1nnc(-c2ccc(Cl)cc2)o1. The van der Waals surface area contributed by atoms with E-state index < -0.39 is 5.97 Å². The molecule has 0 radical (unpaired) electrons. The summed E-state index contributed by atoms with van der Waals surface area (Å²) in [6, 6.07) is 17.0. The summed E-state index contributed by atoms with van der Waals surface area (Å²) in [5.74, 6) is 0.0663. The summed E-state index contributed by atoms with van der Waals surface area (Å²) < 4.78 is 12.8. The van der Waals surface area contributed by atoms with E-state index in [0.29, 0.717) is 28.7 Å². The quantitative estimate of drug-likeness (QED) is 0.422. The number of nitrogens with zero attached hydrogens (tertiary/aromatic N) is 4. The van der Waals surface area contributed by atoms with Gasteiger partial charge in [-0.3, -0.25) is 4.68 Å². The van der Waals surface area contributed by atoms with Crippen molar-refractivity contribution in [3.63, 3.8) is 0 Å². The van der Waals surface area contributed by atoms with Gasteiger partial charge in [0.05, 0.1) is 17.9 Å². The molecule has 0 unspecified atom stereocenters. The summed E-state index contributed by atoms with van der Waals surface area (Å²) in [6.45, 7) is 4.10. The number of aromatic nitrogens is 4. The lowest BCUT2D eigenvalue weighted by atomic mass is 10.2. The predicted octanol–water partition coefficient (Wildman–Crippen LogP) is 4.61. The Hall–Kier alpha value is -3.45. The van der Waals surface area contributed by atoms with Gasteiger partial charge in [-0.25, -0.2) is 4.79 Å². The van der Waals surface area contributed by atoms with Gasteiger partial charge in [-0.2, -0.15) is 5.10 Å². The topological polar surface area (TPSA) is 83.0 Å². The second-order valence-corrected chi connectivity index (χ2v) is 7.21. The molecule has 7 nitrogen and oxygen atoms in total. The van der Waals surface area contributed by atoms with E-state index in [4.69, 9.17) is 20.8 Å². The fourth-order valence-electron chi connectivity index (χ4n) is 3.12. The van der Waals surface area contributed by atoms with Crippen molar-refractivity contribution in [2.75, 3.05) is 0 Å². The normalized spacial score (nSPS) is 10.9. The number of hydrogen-bond acceptors (Lipinski definition) is 6. The highest BCUT2D eigenvalue weighted by molar-refractivity contribution is 6.30. The molecule has 0 saturated heterocycles. The van der Waals surface area contributed by atoms with Crippen LogP contribution in [0.3, 0.4) is 0 Å². The average molecular weight is 423 g/mol. The third kappa shape index (κ3) is 4.26. The smallest absolute Gasteiger partial charge is 0.342 e. The van der Waals surface area contributed by atoms with Crippen LogP contribution in [0.2, 0.25) is 5.02 Å². The van der Waals surface area contributed by atoms with Crippen LogP contribution >= 0.6 is 11.6 Å². The zero-order chi connectivity index (χ0) is 21.1. The van der Waals surface area contributed by atoms with E-state index in [2.05, 4.69) is 15.3 Å². The van der Waals surface area contributed by atoms with Gasteiger partial charge in [0.25, 0.3) is 5.89 Å². The van der Waals surface area contributed by atoms with Crippen LogP contribution in [0.4, 0.5) is 0 Å². The molecule has 0 fully saturated rings. The van der Waals surface area contributed by atoms with Gasteiger partial charge in [0, 0.05) is 10.6 Å². The first-order valence-corrected chi connectivity index (χ1v) is 9.72. The number of ether oxygens (including phenoxy) is 1. The largest absolute Gasteiger partial charge is 0.452 e. The Morgan fingerprint density at radius 2 is 1.80 bits per heavy atom. The summed E-state index contributed by atoms with van der Waals surface area (Å²) in [5.41, 5.74) is 3.64. The molecule has 2 aromatic heterocycles. The molecule has 0 aliphatic heterocycles. The fraction of sp³-hybridized carbons (Fsp3) is 0.182. The van der Waals surface area contributed by atoms with E-state index in [9.17, 15) is 4.79 Å². The lowest BCUT2D eigenvalue weighted by Gasteiger charge is -2.05. The Balaban J connectivity index is 1.44. The van der Waals surface area contributed by atoms with E-state index in [0.717, 1.165) is 16.8 Å². The molecule has 0 spiro atoms. The zero-order valence-corrected chi connectivity index (χ0v) is 17.3. The van der Waals surface area contributed by atoms with Crippen LogP contribution in [0.25, 0.3) is 11.5 Å². The molecule has 0 N–H and O–H groups in total. The van der Waals surface area contributed by atoms with Crippen molar-refractivity contribution >= 4 is 17.6 Å². The van der Waals surface area contributed by atoms with Crippen LogP contribution in [0.1, 0.15) is 33.2 Å². The van der Waals surface area contributed by atoms with Crippen LogP contribution in [-0.4, -0.2) is 25.9 Å². The lowest BCUT2D eigenvalue weighted by molar-refractivity contribution is 0.0437. The molecule has 2 aromatic carbocycles. The summed E-state index contributed by atoms with van der Waals surface area (Å²) in [7, 11) is 0. The minimum absolute atomic E-state index is 0.123. The van der Waals surface area contributed by atoms with Crippen molar-refractivity contribution in [3.05, 3.63) is 88.0 Å². The first-order valence-electron chi connectivity index (χ1n) is 9.34. The van der Waals surface area contributed by atoms with Gasteiger partial charge < -0.3 is 9.15 Å². The third-order valence-corrected chi connectivity index (χ3v) is 4.90. The molecular weight excluding hydrogens is 404 g/mol. The lowest BCUT2D eigenvalue weighted by Crippen LogP contribution is -2.09. The van der Waals surface area contributed by atoms with E-state index in [1.54, 1.807) is 35.9 Å². The third-order valence-electron chi connectivity index (χ3n) is 4.65. The van der Waals surface area contributed by atoms with Gasteiger partial charge in [-0.05, 0) is 43.7 Å². The van der Waals surface area contributed by atoms with Crippen molar-refractivity contribution in [3.8, 4) is 11.5 Å². The second kappa shape index (κ2) is 8.51. The molecule has 0 atom stereocenters. The molecule has 0 saturated carbocycles. The summed E-state index contributed by atoms with van der Waals surface area (Å²) >= 11 is 5.89. The Kier molecular flexibility index (Phi) is 5.63. The molecule has 8 heteroatoms. The van der Waals surface area contributed by atoms with Crippen molar-refractivity contribution in [2.24, 2.45) is 0 Å². The maximum atomic E-state index is 12.7. The van der Waals surface area contributed by atoms with Gasteiger partial charge in [0.1, 0.15) is 5.56 Å². The molecule has 152 valence electrons. The molecule has 4 aromatic rings. The van der Waals surface area contributed by atoms with Gasteiger partial charge in [0.2, 0.25) is 5.89 Å². The van der Waals surface area contributed by atoms with Crippen LogP contribution in [0.5, 0.6) is 0 Å². The summed E-state index contributed by atoms with van der Waals surface area (Å²) in [5, 5.41) is 13.0. The number of carbonyl (C=O) groups is 1. The second-order valence-electron chi connectivity index (χ2n) is 6.77. The van der Waals surface area contributed by atoms with E-state index in [-0.39, 0.29) is 12.5 Å². The summed E-state index contributed by atoms with van der Waals surface area (Å²) in [4.78, 5) is 12.7. The van der Waals surface area contributed by atoms with Crippen molar-refractivity contribution in [2.45, 2.75) is 27.0 Å². The Morgan fingerprint density at radius 1 is 1.07 bits per heavy atom. The Morgan fingerprint density at radius 3 is 2.53 bits per heavy atom. The highest BCUT2D eigenvalue weighted by atomic mass is 35.5. The number of aryl methyl sites for hydroxylation is 1. The minimum atomic E-state index is -0.476. The van der Waals surface area contributed by atoms with Crippen LogP contribution < -0.4 is 0 Å². The predicted molar refractivity (Wildman–Crippen MR) is 111 cm³/mol. The molecule has 4 rings (SSSR count). The van der Waals surface area contributed by atoms with Crippen molar-refractivity contribution < 1.29 is 13.9 Å². The number of benzene rings is 2. The summed E-state index contributed by atoms with van der Waals surface area (Å²) in [6.07, 6.45) is 0. The van der Waals surface area contributed by atoms with E-state index in [1.165, 1.54) is 0 Å². The van der Waals surface area contributed by atoms with E-state index in [1.807, 2.05) is 37.3 Å². The zero-order valence-electron chi connectivity index (χ0n) is 16.5. The van der Waals surface area contributed by atoms with Crippen LogP contribution in [0, 0.1) is 13.8 Å². The van der Waals surface area contributed by atoms with Gasteiger partial charge >= 0.3 is 5.97 Å². The number of rotatable bonds is 6. The molecule has 30 heavy (non-hydrogen) atoms. The first kappa shape index (κ1) is 19.8. The first-order chi connectivity index (χ1) is 14.5. The molecule has 0 bridgehead atoms. The number of esters is 1. The molecular formula is C22H19ClN4O3. The van der Waals surface area contributed by atoms with Crippen LogP contribution in [0.15, 0.2) is 59.0 Å².